The first-order valence-corrected chi connectivity index (χ1v) is 9.76. The molecule has 4 heteroatoms. The molecule has 0 saturated heterocycles. The number of nitrogens with one attached hydrogen (secondary N) is 1. The highest BCUT2D eigenvalue weighted by Crippen LogP contribution is 2.27. The lowest BCUT2D eigenvalue weighted by Gasteiger charge is -2.10. The number of amides is 1. The lowest BCUT2D eigenvalue weighted by Crippen LogP contribution is -2.22. The molecule has 0 heterocycles. The summed E-state index contributed by atoms with van der Waals surface area (Å²) < 4.78 is 10.5. The van der Waals surface area contributed by atoms with Crippen molar-refractivity contribution < 1.29 is 14.3 Å². The highest BCUT2D eigenvalue weighted by atomic mass is 16.5. The molecular weight excluding hydrogens is 338 g/mol. The van der Waals surface area contributed by atoms with Crippen LogP contribution in [0.15, 0.2) is 42.5 Å². The number of benzene rings is 2. The standard InChI is InChI=1S/C23H31NO3/c1-4-5-6-7-8-9-18-10-13-20(14-11-18)23(25)24-17-19-12-15-21(26-2)22(16-19)27-3/h10-16H,4-9,17H2,1-3H3,(H,24,25). The Morgan fingerprint density at radius 1 is 0.852 bits per heavy atom. The molecule has 0 saturated carbocycles. The van der Waals surface area contributed by atoms with Gasteiger partial charge in [-0.3, -0.25) is 4.79 Å². The minimum Gasteiger partial charge on any atom is -0.493 e. The van der Waals surface area contributed by atoms with Crippen LogP contribution >= 0.6 is 0 Å². The second-order valence-corrected chi connectivity index (χ2v) is 6.73. The summed E-state index contributed by atoms with van der Waals surface area (Å²) in [6.07, 6.45) is 7.48. The van der Waals surface area contributed by atoms with E-state index in [2.05, 4.69) is 24.4 Å². The van der Waals surface area contributed by atoms with Gasteiger partial charge in [0.25, 0.3) is 5.91 Å². The molecule has 0 aliphatic heterocycles. The van der Waals surface area contributed by atoms with Crippen LogP contribution in [0, 0.1) is 0 Å². The van der Waals surface area contributed by atoms with Crippen molar-refractivity contribution in [3.05, 3.63) is 59.2 Å². The molecular formula is C23H31NO3. The Balaban J connectivity index is 1.83. The minimum absolute atomic E-state index is 0.0701. The molecule has 27 heavy (non-hydrogen) atoms. The quantitative estimate of drug-likeness (QED) is 0.558. The van der Waals surface area contributed by atoms with Gasteiger partial charge in [-0.2, -0.15) is 0 Å². The molecule has 2 rings (SSSR count). The molecule has 0 bridgehead atoms. The van der Waals surface area contributed by atoms with E-state index in [4.69, 9.17) is 9.47 Å². The molecule has 0 aromatic heterocycles. The number of hydrogen-bond acceptors (Lipinski definition) is 3. The molecule has 0 unspecified atom stereocenters. The van der Waals surface area contributed by atoms with E-state index in [0.717, 1.165) is 12.0 Å². The predicted octanol–water partition coefficient (Wildman–Crippen LogP) is 5.15. The highest BCUT2D eigenvalue weighted by Gasteiger charge is 2.08. The van der Waals surface area contributed by atoms with Crippen LogP contribution in [0.4, 0.5) is 0 Å². The van der Waals surface area contributed by atoms with Crippen molar-refractivity contribution in [1.82, 2.24) is 5.32 Å². The van der Waals surface area contributed by atoms with E-state index in [1.165, 1.54) is 37.7 Å². The number of aryl methyl sites for hydroxylation is 1. The largest absolute Gasteiger partial charge is 0.493 e. The van der Waals surface area contributed by atoms with Crippen LogP contribution in [0.1, 0.15) is 60.5 Å². The molecule has 0 aliphatic carbocycles. The molecule has 2 aromatic rings. The normalized spacial score (nSPS) is 10.5. The van der Waals surface area contributed by atoms with Crippen molar-refractivity contribution in [1.29, 1.82) is 0 Å². The van der Waals surface area contributed by atoms with Crippen molar-refractivity contribution in [2.24, 2.45) is 0 Å². The van der Waals surface area contributed by atoms with E-state index in [0.29, 0.717) is 23.6 Å². The molecule has 4 nitrogen and oxygen atoms in total. The fourth-order valence-electron chi connectivity index (χ4n) is 3.03. The van der Waals surface area contributed by atoms with Gasteiger partial charge in [0.2, 0.25) is 0 Å². The number of methoxy groups -OCH3 is 2. The summed E-state index contributed by atoms with van der Waals surface area (Å²) in [6, 6.07) is 13.6. The van der Waals surface area contributed by atoms with E-state index in [-0.39, 0.29) is 5.91 Å². The maximum atomic E-state index is 12.4. The van der Waals surface area contributed by atoms with E-state index in [1.54, 1.807) is 14.2 Å². The smallest absolute Gasteiger partial charge is 0.251 e. The van der Waals surface area contributed by atoms with Crippen LogP contribution in [0.2, 0.25) is 0 Å². The summed E-state index contributed by atoms with van der Waals surface area (Å²) >= 11 is 0. The lowest BCUT2D eigenvalue weighted by atomic mass is 10.0. The van der Waals surface area contributed by atoms with Crippen LogP contribution < -0.4 is 14.8 Å². The third-order valence-corrected chi connectivity index (χ3v) is 4.69. The first kappa shape index (κ1) is 20.8. The number of ether oxygens (including phenoxy) is 2. The lowest BCUT2D eigenvalue weighted by molar-refractivity contribution is 0.0951. The second-order valence-electron chi connectivity index (χ2n) is 6.73. The Morgan fingerprint density at radius 2 is 1.52 bits per heavy atom. The van der Waals surface area contributed by atoms with Gasteiger partial charge in [-0.05, 0) is 48.2 Å². The Kier molecular flexibility index (Phi) is 8.69. The molecule has 0 atom stereocenters. The molecule has 0 fully saturated rings. The van der Waals surface area contributed by atoms with Gasteiger partial charge in [-0.15, -0.1) is 0 Å². The molecule has 0 radical (unpaired) electrons. The highest BCUT2D eigenvalue weighted by molar-refractivity contribution is 5.94. The number of hydrogen-bond donors (Lipinski definition) is 1. The van der Waals surface area contributed by atoms with Gasteiger partial charge >= 0.3 is 0 Å². The average molecular weight is 370 g/mol. The zero-order valence-electron chi connectivity index (χ0n) is 16.7. The van der Waals surface area contributed by atoms with E-state index in [1.807, 2.05) is 30.3 Å². The SMILES string of the molecule is CCCCCCCc1ccc(C(=O)NCc2ccc(OC)c(OC)c2)cc1. The number of carbonyl (C=O) groups is 1. The van der Waals surface area contributed by atoms with Crippen LogP contribution in [-0.4, -0.2) is 20.1 Å². The minimum atomic E-state index is -0.0701. The monoisotopic (exact) mass is 369 g/mol. The zero-order valence-corrected chi connectivity index (χ0v) is 16.7. The van der Waals surface area contributed by atoms with Gasteiger partial charge in [0, 0.05) is 12.1 Å². The van der Waals surface area contributed by atoms with Crippen LogP contribution in [0.25, 0.3) is 0 Å². The summed E-state index contributed by atoms with van der Waals surface area (Å²) in [4.78, 5) is 12.4. The van der Waals surface area contributed by atoms with E-state index >= 15 is 0 Å². The van der Waals surface area contributed by atoms with Gasteiger partial charge in [-0.1, -0.05) is 50.8 Å². The molecule has 1 amide bonds. The summed E-state index contributed by atoms with van der Waals surface area (Å²) in [7, 11) is 3.21. The molecule has 0 spiro atoms. The first-order chi connectivity index (χ1) is 13.2. The number of unbranched alkanes of at least 4 members (excludes halogenated alkanes) is 4. The topological polar surface area (TPSA) is 47.6 Å². The maximum absolute atomic E-state index is 12.4. The van der Waals surface area contributed by atoms with Crippen LogP contribution in [0.3, 0.4) is 0 Å². The molecule has 146 valence electrons. The van der Waals surface area contributed by atoms with Gasteiger partial charge in [-0.25, -0.2) is 0 Å². The zero-order chi connectivity index (χ0) is 19.5. The third-order valence-electron chi connectivity index (χ3n) is 4.69. The first-order valence-electron chi connectivity index (χ1n) is 9.76. The van der Waals surface area contributed by atoms with Gasteiger partial charge in [0.15, 0.2) is 11.5 Å². The van der Waals surface area contributed by atoms with Crippen LogP contribution in [0.5, 0.6) is 11.5 Å². The second kappa shape index (κ2) is 11.3. The molecule has 1 N–H and O–H groups in total. The summed E-state index contributed by atoms with van der Waals surface area (Å²) in [5.74, 6) is 1.27. The van der Waals surface area contributed by atoms with Crippen LogP contribution in [-0.2, 0) is 13.0 Å². The van der Waals surface area contributed by atoms with E-state index in [9.17, 15) is 4.79 Å². The Bertz CT molecular complexity index is 710. The summed E-state index contributed by atoms with van der Waals surface area (Å²) in [6.45, 7) is 2.67. The Hall–Kier alpha value is -2.49. The summed E-state index contributed by atoms with van der Waals surface area (Å²) in [5.41, 5.74) is 2.94. The fraction of sp³-hybridized carbons (Fsp3) is 0.435. The van der Waals surface area contributed by atoms with Crippen molar-refractivity contribution in [2.45, 2.75) is 52.0 Å². The summed E-state index contributed by atoms with van der Waals surface area (Å²) in [5, 5.41) is 2.95. The van der Waals surface area contributed by atoms with Crippen molar-refractivity contribution in [3.8, 4) is 11.5 Å². The van der Waals surface area contributed by atoms with Crippen molar-refractivity contribution in [3.63, 3.8) is 0 Å². The van der Waals surface area contributed by atoms with Gasteiger partial charge < -0.3 is 14.8 Å². The average Bonchev–Trinajstić information content (AvgIpc) is 2.72. The fourth-order valence-corrected chi connectivity index (χ4v) is 3.03. The predicted molar refractivity (Wildman–Crippen MR) is 110 cm³/mol. The van der Waals surface area contributed by atoms with Gasteiger partial charge in [0.1, 0.15) is 0 Å². The molecule has 2 aromatic carbocycles. The van der Waals surface area contributed by atoms with E-state index < -0.39 is 0 Å². The van der Waals surface area contributed by atoms with Crippen molar-refractivity contribution >= 4 is 5.91 Å². The number of carbonyl (C=O) groups excluding carboxylic acids is 1. The van der Waals surface area contributed by atoms with Gasteiger partial charge in [0.05, 0.1) is 14.2 Å². The molecule has 0 aliphatic rings. The maximum Gasteiger partial charge on any atom is 0.251 e. The third kappa shape index (κ3) is 6.63. The Labute approximate surface area is 162 Å². The van der Waals surface area contributed by atoms with Crippen molar-refractivity contribution in [2.75, 3.05) is 14.2 Å². The Morgan fingerprint density at radius 3 is 2.19 bits per heavy atom. The number of rotatable bonds is 11.